The van der Waals surface area contributed by atoms with Crippen molar-refractivity contribution in [3.63, 3.8) is 0 Å². The van der Waals surface area contributed by atoms with Gasteiger partial charge >= 0.3 is 0 Å². The van der Waals surface area contributed by atoms with Crippen molar-refractivity contribution in [2.75, 3.05) is 19.7 Å². The van der Waals surface area contributed by atoms with Crippen molar-refractivity contribution >= 4 is 0 Å². The van der Waals surface area contributed by atoms with Crippen LogP contribution in [0.25, 0.3) is 0 Å². The molecule has 0 bridgehead atoms. The molecular formula is C16H21N3O2. The molecule has 0 heterocycles. The first-order chi connectivity index (χ1) is 10.1. The maximum atomic E-state index is 10.0. The average molecular weight is 287 g/mol. The van der Waals surface area contributed by atoms with Gasteiger partial charge in [-0.05, 0) is 38.1 Å². The molecule has 0 saturated heterocycles. The number of hydrogen-bond acceptors (Lipinski definition) is 5. The minimum Gasteiger partial charge on any atom is -0.491 e. The van der Waals surface area contributed by atoms with E-state index in [1.807, 2.05) is 19.9 Å². The van der Waals surface area contributed by atoms with E-state index < -0.39 is 6.10 Å². The molecule has 1 unspecified atom stereocenters. The van der Waals surface area contributed by atoms with Gasteiger partial charge in [-0.2, -0.15) is 10.5 Å². The zero-order valence-electron chi connectivity index (χ0n) is 12.5. The summed E-state index contributed by atoms with van der Waals surface area (Å²) < 4.78 is 5.50. The number of hydrogen-bond donors (Lipinski definition) is 1. The van der Waals surface area contributed by atoms with Crippen molar-refractivity contribution in [3.8, 4) is 17.9 Å². The lowest BCUT2D eigenvalue weighted by Gasteiger charge is -2.27. The maximum absolute atomic E-state index is 10.0. The van der Waals surface area contributed by atoms with Crippen LogP contribution in [0.5, 0.6) is 5.75 Å². The number of aliphatic hydroxyl groups is 1. The molecule has 1 atom stereocenters. The topological polar surface area (TPSA) is 80.3 Å². The fourth-order valence-electron chi connectivity index (χ4n) is 1.90. The van der Waals surface area contributed by atoms with Crippen LogP contribution in [0.1, 0.15) is 25.8 Å². The second-order valence-corrected chi connectivity index (χ2v) is 5.10. The molecule has 112 valence electrons. The fraction of sp³-hybridized carbons (Fsp3) is 0.500. The molecule has 5 nitrogen and oxygen atoms in total. The van der Waals surface area contributed by atoms with E-state index in [4.69, 9.17) is 15.3 Å². The summed E-state index contributed by atoms with van der Waals surface area (Å²) in [5, 5.41) is 27.4. The molecule has 0 saturated carbocycles. The van der Waals surface area contributed by atoms with Crippen molar-refractivity contribution in [2.45, 2.75) is 32.4 Å². The van der Waals surface area contributed by atoms with Gasteiger partial charge < -0.3 is 9.84 Å². The van der Waals surface area contributed by atoms with Crippen molar-refractivity contribution < 1.29 is 9.84 Å². The van der Waals surface area contributed by atoms with E-state index in [9.17, 15) is 5.11 Å². The third-order valence-corrected chi connectivity index (χ3v) is 3.11. The highest BCUT2D eigenvalue weighted by molar-refractivity contribution is 5.34. The van der Waals surface area contributed by atoms with Gasteiger partial charge in [-0.3, -0.25) is 4.90 Å². The summed E-state index contributed by atoms with van der Waals surface area (Å²) in [7, 11) is 0. The van der Waals surface area contributed by atoms with Crippen molar-refractivity contribution in [1.29, 1.82) is 10.5 Å². The molecule has 0 spiro atoms. The SMILES string of the molecule is CC(C)N(CCC#N)CC(O)COc1ccc(C#N)cc1. The lowest BCUT2D eigenvalue weighted by molar-refractivity contribution is 0.0584. The van der Waals surface area contributed by atoms with Crippen LogP contribution in [0.2, 0.25) is 0 Å². The number of rotatable bonds is 8. The first-order valence-electron chi connectivity index (χ1n) is 6.98. The van der Waals surface area contributed by atoms with Crippen LogP contribution in [0.3, 0.4) is 0 Å². The van der Waals surface area contributed by atoms with E-state index in [0.29, 0.717) is 30.8 Å². The van der Waals surface area contributed by atoms with Gasteiger partial charge in [-0.15, -0.1) is 0 Å². The van der Waals surface area contributed by atoms with Crippen LogP contribution in [0.15, 0.2) is 24.3 Å². The lowest BCUT2D eigenvalue weighted by atomic mass is 10.2. The molecule has 1 aromatic carbocycles. The van der Waals surface area contributed by atoms with Crippen molar-refractivity contribution in [1.82, 2.24) is 4.90 Å². The molecule has 1 N–H and O–H groups in total. The van der Waals surface area contributed by atoms with Crippen LogP contribution in [0.4, 0.5) is 0 Å². The zero-order chi connectivity index (χ0) is 15.7. The Morgan fingerprint density at radius 3 is 2.43 bits per heavy atom. The number of nitriles is 2. The zero-order valence-corrected chi connectivity index (χ0v) is 12.5. The highest BCUT2D eigenvalue weighted by Crippen LogP contribution is 2.12. The number of benzene rings is 1. The summed E-state index contributed by atoms with van der Waals surface area (Å²) >= 11 is 0. The van der Waals surface area contributed by atoms with Crippen LogP contribution >= 0.6 is 0 Å². The van der Waals surface area contributed by atoms with Gasteiger partial charge in [0.05, 0.1) is 17.7 Å². The minimum atomic E-state index is -0.623. The molecule has 0 aliphatic carbocycles. The van der Waals surface area contributed by atoms with Crippen LogP contribution in [0, 0.1) is 22.7 Å². The van der Waals surface area contributed by atoms with Gasteiger partial charge in [0.2, 0.25) is 0 Å². The third kappa shape index (κ3) is 6.27. The summed E-state index contributed by atoms with van der Waals surface area (Å²) in [5.74, 6) is 0.626. The average Bonchev–Trinajstić information content (AvgIpc) is 2.49. The number of ether oxygens (including phenoxy) is 1. The predicted octanol–water partition coefficient (Wildman–Crippen LogP) is 1.92. The summed E-state index contributed by atoms with van der Waals surface area (Å²) in [6, 6.07) is 11.2. The molecule has 0 aliphatic rings. The highest BCUT2D eigenvalue weighted by atomic mass is 16.5. The Hall–Kier alpha value is -2.08. The molecular weight excluding hydrogens is 266 g/mol. The van der Waals surface area contributed by atoms with Gasteiger partial charge in [0.25, 0.3) is 0 Å². The first kappa shape index (κ1) is 17.0. The molecule has 5 heteroatoms. The van der Waals surface area contributed by atoms with Gasteiger partial charge in [0.15, 0.2) is 0 Å². The normalized spacial score (nSPS) is 12.0. The highest BCUT2D eigenvalue weighted by Gasteiger charge is 2.15. The molecule has 1 rings (SSSR count). The maximum Gasteiger partial charge on any atom is 0.119 e. The molecule has 0 radical (unpaired) electrons. The van der Waals surface area contributed by atoms with Gasteiger partial charge in [-0.1, -0.05) is 0 Å². The van der Waals surface area contributed by atoms with E-state index in [1.54, 1.807) is 24.3 Å². The summed E-state index contributed by atoms with van der Waals surface area (Å²) in [5.41, 5.74) is 0.574. The second kappa shape index (κ2) is 8.97. The summed E-state index contributed by atoms with van der Waals surface area (Å²) in [6.07, 6.45) is -0.178. The van der Waals surface area contributed by atoms with Crippen molar-refractivity contribution in [3.05, 3.63) is 29.8 Å². The van der Waals surface area contributed by atoms with E-state index in [2.05, 4.69) is 11.0 Å². The minimum absolute atomic E-state index is 0.182. The largest absolute Gasteiger partial charge is 0.491 e. The number of aliphatic hydroxyl groups excluding tert-OH is 1. The quantitative estimate of drug-likeness (QED) is 0.790. The Morgan fingerprint density at radius 1 is 1.24 bits per heavy atom. The summed E-state index contributed by atoms with van der Waals surface area (Å²) in [6.45, 7) is 5.36. The number of nitrogens with zero attached hydrogens (tertiary/aromatic N) is 3. The van der Waals surface area contributed by atoms with Crippen molar-refractivity contribution in [2.24, 2.45) is 0 Å². The molecule has 0 fully saturated rings. The lowest BCUT2D eigenvalue weighted by Crippen LogP contribution is -2.40. The summed E-state index contributed by atoms with van der Waals surface area (Å²) in [4.78, 5) is 2.05. The Kier molecular flexibility index (Phi) is 7.25. The molecule has 0 amide bonds. The third-order valence-electron chi connectivity index (χ3n) is 3.11. The second-order valence-electron chi connectivity index (χ2n) is 5.10. The standard InChI is InChI=1S/C16H21N3O2/c1-13(2)19(9-3-8-17)11-15(20)12-21-16-6-4-14(10-18)5-7-16/h4-7,13,15,20H,3,9,11-12H2,1-2H3. The Balaban J connectivity index is 2.43. The van der Waals surface area contributed by atoms with E-state index in [-0.39, 0.29) is 12.6 Å². The smallest absolute Gasteiger partial charge is 0.119 e. The van der Waals surface area contributed by atoms with Crippen LogP contribution < -0.4 is 4.74 Å². The predicted molar refractivity (Wildman–Crippen MR) is 79.6 cm³/mol. The molecule has 21 heavy (non-hydrogen) atoms. The van der Waals surface area contributed by atoms with E-state index in [0.717, 1.165) is 0 Å². The molecule has 1 aromatic rings. The van der Waals surface area contributed by atoms with E-state index >= 15 is 0 Å². The van der Waals surface area contributed by atoms with Crippen LogP contribution in [-0.2, 0) is 0 Å². The Morgan fingerprint density at radius 2 is 1.90 bits per heavy atom. The van der Waals surface area contributed by atoms with E-state index in [1.165, 1.54) is 0 Å². The van der Waals surface area contributed by atoms with Crippen LogP contribution in [-0.4, -0.2) is 41.8 Å². The first-order valence-corrected chi connectivity index (χ1v) is 6.98. The van der Waals surface area contributed by atoms with Gasteiger partial charge in [0, 0.05) is 25.6 Å². The Bertz CT molecular complexity index is 500. The molecule has 0 aliphatic heterocycles. The van der Waals surface area contributed by atoms with Gasteiger partial charge in [-0.25, -0.2) is 0 Å². The monoisotopic (exact) mass is 287 g/mol. The fourth-order valence-corrected chi connectivity index (χ4v) is 1.90. The van der Waals surface area contributed by atoms with Gasteiger partial charge in [0.1, 0.15) is 18.5 Å². The molecule has 0 aromatic heterocycles. The Labute approximate surface area is 126 Å².